The van der Waals surface area contributed by atoms with Gasteiger partial charge in [-0.3, -0.25) is 0 Å². The number of amides is 1. The molecule has 1 aliphatic carbocycles. The second-order valence-electron chi connectivity index (χ2n) is 8.10. The predicted octanol–water partition coefficient (Wildman–Crippen LogP) is 2.88. The van der Waals surface area contributed by atoms with Crippen LogP contribution in [0, 0.1) is 5.92 Å². The summed E-state index contributed by atoms with van der Waals surface area (Å²) in [6, 6.07) is 0.877. The van der Waals surface area contributed by atoms with Crippen LogP contribution in [0.15, 0.2) is 0 Å². The van der Waals surface area contributed by atoms with E-state index in [1.54, 1.807) is 0 Å². The van der Waals surface area contributed by atoms with Gasteiger partial charge in [-0.15, -0.1) is 0 Å². The predicted molar refractivity (Wildman–Crippen MR) is 93.4 cm³/mol. The maximum Gasteiger partial charge on any atom is 0.410 e. The van der Waals surface area contributed by atoms with Gasteiger partial charge < -0.3 is 20.7 Å². The van der Waals surface area contributed by atoms with E-state index in [2.05, 4.69) is 5.32 Å². The Labute approximate surface area is 141 Å². The summed E-state index contributed by atoms with van der Waals surface area (Å²) in [6.45, 7) is 8.35. The molecule has 1 aliphatic heterocycles. The van der Waals surface area contributed by atoms with Crippen LogP contribution in [0.25, 0.3) is 0 Å². The number of carbonyl (C=O) groups excluding carboxylic acids is 1. The van der Waals surface area contributed by atoms with Crippen LogP contribution in [0.2, 0.25) is 0 Å². The molecule has 0 aromatic rings. The lowest BCUT2D eigenvalue weighted by atomic mass is 9.84. The van der Waals surface area contributed by atoms with Gasteiger partial charge in [0, 0.05) is 18.6 Å². The maximum absolute atomic E-state index is 12.3. The van der Waals surface area contributed by atoms with Crippen molar-refractivity contribution < 1.29 is 9.53 Å². The fourth-order valence-corrected chi connectivity index (χ4v) is 3.89. The number of rotatable bonds is 5. The molecule has 5 nitrogen and oxygen atoms in total. The van der Waals surface area contributed by atoms with Crippen LogP contribution >= 0.6 is 0 Å². The number of hydrogen-bond donors (Lipinski definition) is 2. The third-order valence-electron chi connectivity index (χ3n) is 5.10. The highest BCUT2D eigenvalue weighted by atomic mass is 16.6. The smallest absolute Gasteiger partial charge is 0.410 e. The molecule has 2 fully saturated rings. The molecule has 3 N–H and O–H groups in total. The zero-order valence-corrected chi connectivity index (χ0v) is 15.1. The van der Waals surface area contributed by atoms with Crippen molar-refractivity contribution >= 4 is 6.09 Å². The van der Waals surface area contributed by atoms with Gasteiger partial charge in [0.25, 0.3) is 0 Å². The number of nitrogens with two attached hydrogens (primary N) is 1. The topological polar surface area (TPSA) is 67.6 Å². The number of ether oxygens (including phenoxy) is 1. The summed E-state index contributed by atoms with van der Waals surface area (Å²) >= 11 is 0. The van der Waals surface area contributed by atoms with E-state index in [-0.39, 0.29) is 6.09 Å². The summed E-state index contributed by atoms with van der Waals surface area (Å²) in [5, 5.41) is 3.70. The largest absolute Gasteiger partial charge is 0.444 e. The van der Waals surface area contributed by atoms with Crippen molar-refractivity contribution in [3.8, 4) is 0 Å². The molecule has 134 valence electrons. The fourth-order valence-electron chi connectivity index (χ4n) is 3.89. The summed E-state index contributed by atoms with van der Waals surface area (Å²) in [7, 11) is 0. The zero-order chi connectivity index (χ0) is 16.9. The SMILES string of the molecule is CC(C)(C)OC(=O)N1CCCC1CCNC1CCCCC1CN. The first-order chi connectivity index (χ1) is 10.9. The van der Waals surface area contributed by atoms with Crippen LogP contribution in [-0.2, 0) is 4.74 Å². The van der Waals surface area contributed by atoms with E-state index in [0.717, 1.165) is 38.9 Å². The molecule has 1 saturated heterocycles. The van der Waals surface area contributed by atoms with E-state index in [4.69, 9.17) is 10.5 Å². The second kappa shape index (κ2) is 8.34. The Morgan fingerprint density at radius 1 is 1.22 bits per heavy atom. The van der Waals surface area contributed by atoms with Crippen molar-refractivity contribution in [3.63, 3.8) is 0 Å². The molecule has 5 heteroatoms. The van der Waals surface area contributed by atoms with Gasteiger partial charge >= 0.3 is 6.09 Å². The van der Waals surface area contributed by atoms with Gasteiger partial charge in [-0.25, -0.2) is 4.79 Å². The number of nitrogens with one attached hydrogen (secondary N) is 1. The third-order valence-corrected chi connectivity index (χ3v) is 5.10. The molecule has 0 radical (unpaired) electrons. The quantitative estimate of drug-likeness (QED) is 0.815. The zero-order valence-electron chi connectivity index (χ0n) is 15.1. The van der Waals surface area contributed by atoms with Crippen LogP contribution in [0.4, 0.5) is 4.79 Å². The normalized spacial score (nSPS) is 28.9. The highest BCUT2D eigenvalue weighted by Gasteiger charge is 2.32. The number of carbonyl (C=O) groups is 1. The summed E-state index contributed by atoms with van der Waals surface area (Å²) in [6.07, 6.45) is 8.13. The van der Waals surface area contributed by atoms with Crippen molar-refractivity contribution in [2.75, 3.05) is 19.6 Å². The molecule has 3 unspecified atom stereocenters. The van der Waals surface area contributed by atoms with Crippen LogP contribution in [-0.4, -0.2) is 48.3 Å². The van der Waals surface area contributed by atoms with Gasteiger partial charge in [0.1, 0.15) is 5.60 Å². The summed E-state index contributed by atoms with van der Waals surface area (Å²) < 4.78 is 5.53. The molecule has 2 rings (SSSR count). The van der Waals surface area contributed by atoms with E-state index < -0.39 is 5.60 Å². The average molecular weight is 325 g/mol. The Hall–Kier alpha value is -0.810. The third kappa shape index (κ3) is 5.64. The lowest BCUT2D eigenvalue weighted by Crippen LogP contribution is -2.44. The van der Waals surface area contributed by atoms with Gasteiger partial charge in [-0.2, -0.15) is 0 Å². The maximum atomic E-state index is 12.3. The Morgan fingerprint density at radius 2 is 1.96 bits per heavy atom. The molecular formula is C18H35N3O2. The molecule has 0 aromatic carbocycles. The monoisotopic (exact) mass is 325 g/mol. The first-order valence-corrected chi connectivity index (χ1v) is 9.34. The van der Waals surface area contributed by atoms with Crippen molar-refractivity contribution in [3.05, 3.63) is 0 Å². The Balaban J connectivity index is 1.76. The van der Waals surface area contributed by atoms with Gasteiger partial charge in [0.05, 0.1) is 0 Å². The van der Waals surface area contributed by atoms with Crippen LogP contribution in [0.3, 0.4) is 0 Å². The van der Waals surface area contributed by atoms with Crippen molar-refractivity contribution in [1.29, 1.82) is 0 Å². The Bertz CT molecular complexity index is 381. The number of hydrogen-bond acceptors (Lipinski definition) is 4. The van der Waals surface area contributed by atoms with Crippen molar-refractivity contribution in [1.82, 2.24) is 10.2 Å². The van der Waals surface area contributed by atoms with Crippen LogP contribution in [0.1, 0.15) is 65.7 Å². The molecular weight excluding hydrogens is 290 g/mol. The molecule has 1 saturated carbocycles. The van der Waals surface area contributed by atoms with Crippen molar-refractivity contribution in [2.24, 2.45) is 11.7 Å². The van der Waals surface area contributed by atoms with E-state index in [1.807, 2.05) is 25.7 Å². The van der Waals surface area contributed by atoms with Crippen molar-refractivity contribution in [2.45, 2.75) is 83.4 Å². The van der Waals surface area contributed by atoms with E-state index in [9.17, 15) is 4.79 Å². The minimum atomic E-state index is -0.418. The van der Waals surface area contributed by atoms with Gasteiger partial charge in [-0.05, 0) is 71.9 Å². The lowest BCUT2D eigenvalue weighted by molar-refractivity contribution is 0.0220. The molecule has 3 atom stereocenters. The minimum Gasteiger partial charge on any atom is -0.444 e. The Kier molecular flexibility index (Phi) is 6.72. The van der Waals surface area contributed by atoms with Crippen LogP contribution in [0.5, 0.6) is 0 Å². The fraction of sp³-hybridized carbons (Fsp3) is 0.944. The molecule has 0 bridgehead atoms. The summed E-state index contributed by atoms with van der Waals surface area (Å²) in [5.41, 5.74) is 5.48. The van der Waals surface area contributed by atoms with Crippen LogP contribution < -0.4 is 11.1 Å². The number of likely N-dealkylation sites (tertiary alicyclic amines) is 1. The molecule has 1 heterocycles. The van der Waals surface area contributed by atoms with E-state index in [1.165, 1.54) is 25.7 Å². The van der Waals surface area contributed by atoms with E-state index >= 15 is 0 Å². The molecule has 23 heavy (non-hydrogen) atoms. The average Bonchev–Trinajstić information content (AvgIpc) is 2.94. The van der Waals surface area contributed by atoms with Gasteiger partial charge in [0.2, 0.25) is 0 Å². The first-order valence-electron chi connectivity index (χ1n) is 9.34. The van der Waals surface area contributed by atoms with Gasteiger partial charge in [0.15, 0.2) is 0 Å². The standard InChI is InChI=1S/C18H35N3O2/c1-18(2,3)23-17(22)21-12-6-8-15(21)10-11-20-16-9-5-4-7-14(16)13-19/h14-16,20H,4-13,19H2,1-3H3. The first kappa shape index (κ1) is 18.5. The van der Waals surface area contributed by atoms with E-state index in [0.29, 0.717) is 18.0 Å². The summed E-state index contributed by atoms with van der Waals surface area (Å²) in [5.74, 6) is 0.620. The molecule has 0 spiro atoms. The minimum absolute atomic E-state index is 0.155. The summed E-state index contributed by atoms with van der Waals surface area (Å²) in [4.78, 5) is 14.2. The Morgan fingerprint density at radius 3 is 2.65 bits per heavy atom. The molecule has 0 aromatic heterocycles. The lowest BCUT2D eigenvalue weighted by Gasteiger charge is -2.33. The molecule has 1 amide bonds. The molecule has 2 aliphatic rings. The highest BCUT2D eigenvalue weighted by molar-refractivity contribution is 5.68. The number of nitrogens with zero attached hydrogens (tertiary/aromatic N) is 1. The highest BCUT2D eigenvalue weighted by Crippen LogP contribution is 2.25. The second-order valence-corrected chi connectivity index (χ2v) is 8.10. The van der Waals surface area contributed by atoms with Gasteiger partial charge in [-0.1, -0.05) is 12.8 Å².